The Hall–Kier alpha value is -2.65. The first-order valence-corrected chi connectivity index (χ1v) is 9.36. The number of carbonyl (C=O) groups is 1. The van der Waals surface area contributed by atoms with Gasteiger partial charge in [-0.2, -0.15) is 0 Å². The first-order valence-electron chi connectivity index (χ1n) is 8.54. The Morgan fingerprint density at radius 1 is 1.41 bits per heavy atom. The summed E-state index contributed by atoms with van der Waals surface area (Å²) in [5.41, 5.74) is -0.525. The van der Waals surface area contributed by atoms with E-state index in [1.807, 2.05) is 13.8 Å². The monoisotopic (exact) mass is 389 g/mol. The first-order chi connectivity index (χ1) is 12.8. The van der Waals surface area contributed by atoms with E-state index >= 15 is 0 Å². The van der Waals surface area contributed by atoms with E-state index in [4.69, 9.17) is 9.15 Å². The van der Waals surface area contributed by atoms with Gasteiger partial charge in [0.05, 0.1) is 30.4 Å². The number of aromatic amines is 1. The van der Waals surface area contributed by atoms with Gasteiger partial charge in [0, 0.05) is 11.3 Å². The third-order valence-electron chi connectivity index (χ3n) is 4.55. The van der Waals surface area contributed by atoms with Gasteiger partial charge < -0.3 is 14.5 Å². The standard InChI is InChI=1S/C18H19N3O5S/c1-18(2)6-11-12(9-26-18)27-15-14(11)16(23)21(17(24)20-15)8-13(22)19-7-10-4-3-5-25-10/h3-5H,6-9H2,1-2H3,(H,19,22)(H,20,24). The molecule has 0 aliphatic carbocycles. The van der Waals surface area contributed by atoms with Gasteiger partial charge >= 0.3 is 5.69 Å². The maximum Gasteiger partial charge on any atom is 0.329 e. The summed E-state index contributed by atoms with van der Waals surface area (Å²) < 4.78 is 11.9. The molecule has 0 saturated heterocycles. The van der Waals surface area contributed by atoms with E-state index < -0.39 is 17.2 Å². The van der Waals surface area contributed by atoms with Crippen LogP contribution in [0.5, 0.6) is 0 Å². The molecule has 8 nitrogen and oxygen atoms in total. The molecule has 0 unspecified atom stereocenters. The molecule has 27 heavy (non-hydrogen) atoms. The summed E-state index contributed by atoms with van der Waals surface area (Å²) in [4.78, 5) is 41.7. The molecular formula is C18H19N3O5S. The summed E-state index contributed by atoms with van der Waals surface area (Å²) in [6.07, 6.45) is 2.09. The van der Waals surface area contributed by atoms with Crippen LogP contribution in [0.1, 0.15) is 30.0 Å². The molecule has 142 valence electrons. The predicted molar refractivity (Wildman–Crippen MR) is 99.8 cm³/mol. The minimum atomic E-state index is -0.598. The number of H-pyrrole nitrogens is 1. The Balaban J connectivity index is 1.66. The van der Waals surface area contributed by atoms with Crippen LogP contribution in [0.3, 0.4) is 0 Å². The quantitative estimate of drug-likeness (QED) is 0.704. The van der Waals surface area contributed by atoms with Crippen molar-refractivity contribution in [3.63, 3.8) is 0 Å². The van der Waals surface area contributed by atoms with E-state index in [0.717, 1.165) is 15.0 Å². The van der Waals surface area contributed by atoms with Crippen molar-refractivity contribution in [1.29, 1.82) is 0 Å². The van der Waals surface area contributed by atoms with Crippen LogP contribution >= 0.6 is 11.3 Å². The van der Waals surface area contributed by atoms with Crippen molar-refractivity contribution in [3.05, 3.63) is 55.4 Å². The van der Waals surface area contributed by atoms with Crippen LogP contribution in [0.2, 0.25) is 0 Å². The van der Waals surface area contributed by atoms with Gasteiger partial charge in [-0.05, 0) is 31.5 Å². The molecule has 0 radical (unpaired) electrons. The van der Waals surface area contributed by atoms with Crippen molar-refractivity contribution in [2.75, 3.05) is 0 Å². The van der Waals surface area contributed by atoms with Crippen molar-refractivity contribution >= 4 is 27.5 Å². The molecule has 0 fully saturated rings. The summed E-state index contributed by atoms with van der Waals surface area (Å²) in [5.74, 6) is 0.153. The van der Waals surface area contributed by atoms with Crippen LogP contribution in [0.25, 0.3) is 10.2 Å². The lowest BCUT2D eigenvalue weighted by atomic mass is 9.94. The maximum absolute atomic E-state index is 13.0. The topological polar surface area (TPSA) is 106 Å². The van der Waals surface area contributed by atoms with E-state index in [-0.39, 0.29) is 18.7 Å². The van der Waals surface area contributed by atoms with E-state index in [0.29, 0.717) is 29.0 Å². The van der Waals surface area contributed by atoms with E-state index in [9.17, 15) is 14.4 Å². The number of hydrogen-bond acceptors (Lipinski definition) is 6. The predicted octanol–water partition coefficient (Wildman–Crippen LogP) is 1.51. The molecule has 1 aliphatic heterocycles. The third kappa shape index (κ3) is 3.35. The van der Waals surface area contributed by atoms with Crippen molar-refractivity contribution in [1.82, 2.24) is 14.9 Å². The molecule has 0 aromatic carbocycles. The first kappa shape index (κ1) is 17.7. The Kier molecular flexibility index (Phi) is 4.27. The number of nitrogens with one attached hydrogen (secondary N) is 2. The molecule has 9 heteroatoms. The number of nitrogens with zero attached hydrogens (tertiary/aromatic N) is 1. The van der Waals surface area contributed by atoms with Gasteiger partial charge in [-0.1, -0.05) is 0 Å². The number of amides is 1. The summed E-state index contributed by atoms with van der Waals surface area (Å²) in [6.45, 7) is 4.18. The molecule has 0 saturated carbocycles. The van der Waals surface area contributed by atoms with Gasteiger partial charge in [0.2, 0.25) is 5.91 Å². The fraction of sp³-hybridized carbons (Fsp3) is 0.389. The van der Waals surface area contributed by atoms with Crippen molar-refractivity contribution in [2.45, 2.75) is 45.6 Å². The van der Waals surface area contributed by atoms with Gasteiger partial charge in [-0.3, -0.25) is 19.1 Å². The van der Waals surface area contributed by atoms with Crippen LogP contribution in [-0.2, 0) is 35.6 Å². The molecule has 0 bridgehead atoms. The highest BCUT2D eigenvalue weighted by molar-refractivity contribution is 7.18. The number of fused-ring (bicyclic) bond motifs is 3. The summed E-state index contributed by atoms with van der Waals surface area (Å²) >= 11 is 1.36. The Morgan fingerprint density at radius 3 is 2.96 bits per heavy atom. The third-order valence-corrected chi connectivity index (χ3v) is 5.67. The minimum Gasteiger partial charge on any atom is -0.467 e. The average molecular weight is 389 g/mol. The molecule has 1 aliphatic rings. The molecule has 4 rings (SSSR count). The smallest absolute Gasteiger partial charge is 0.329 e. The largest absolute Gasteiger partial charge is 0.467 e. The van der Waals surface area contributed by atoms with E-state index in [1.165, 1.54) is 17.6 Å². The molecule has 1 amide bonds. The number of ether oxygens (including phenoxy) is 1. The second-order valence-corrected chi connectivity index (χ2v) is 8.22. The SMILES string of the molecule is CC1(C)Cc2c(sc3[nH]c(=O)n(CC(=O)NCc4ccco4)c(=O)c23)CO1. The summed E-state index contributed by atoms with van der Waals surface area (Å²) in [7, 11) is 0. The Morgan fingerprint density at radius 2 is 2.22 bits per heavy atom. The minimum absolute atomic E-state index is 0.195. The lowest BCUT2D eigenvalue weighted by Gasteiger charge is -2.29. The molecular weight excluding hydrogens is 370 g/mol. The van der Waals surface area contributed by atoms with E-state index in [1.54, 1.807) is 12.1 Å². The molecule has 0 atom stereocenters. The second-order valence-electron chi connectivity index (χ2n) is 7.11. The molecule has 4 heterocycles. The van der Waals surface area contributed by atoms with Gasteiger partial charge in [-0.25, -0.2) is 4.79 Å². The zero-order chi connectivity index (χ0) is 19.2. The average Bonchev–Trinajstić information content (AvgIpc) is 3.23. The highest BCUT2D eigenvalue weighted by Crippen LogP contribution is 2.36. The van der Waals surface area contributed by atoms with Gasteiger partial charge in [-0.15, -0.1) is 11.3 Å². The lowest BCUT2D eigenvalue weighted by molar-refractivity contribution is -0.122. The van der Waals surface area contributed by atoms with Crippen molar-refractivity contribution in [3.8, 4) is 0 Å². The maximum atomic E-state index is 13.0. The molecule has 3 aromatic heterocycles. The number of rotatable bonds is 4. The Labute approximate surface area is 157 Å². The number of carbonyl (C=O) groups excluding carboxylic acids is 1. The lowest BCUT2D eigenvalue weighted by Crippen LogP contribution is -2.40. The second kappa shape index (κ2) is 6.50. The number of furan rings is 1. The van der Waals surface area contributed by atoms with Gasteiger partial charge in [0.25, 0.3) is 5.56 Å². The van der Waals surface area contributed by atoms with Gasteiger partial charge in [0.1, 0.15) is 17.1 Å². The van der Waals surface area contributed by atoms with Crippen LogP contribution in [0.4, 0.5) is 0 Å². The highest BCUT2D eigenvalue weighted by atomic mass is 32.1. The highest BCUT2D eigenvalue weighted by Gasteiger charge is 2.31. The number of aromatic nitrogens is 2. The molecule has 2 N–H and O–H groups in total. The van der Waals surface area contributed by atoms with Crippen molar-refractivity contribution in [2.24, 2.45) is 0 Å². The van der Waals surface area contributed by atoms with Crippen LogP contribution in [0.15, 0.2) is 32.4 Å². The van der Waals surface area contributed by atoms with Crippen LogP contribution in [0, 0.1) is 0 Å². The normalized spacial score (nSPS) is 15.6. The Bertz CT molecular complexity index is 1120. The molecule has 3 aromatic rings. The van der Waals surface area contributed by atoms with Crippen LogP contribution in [-0.4, -0.2) is 21.1 Å². The van der Waals surface area contributed by atoms with Crippen LogP contribution < -0.4 is 16.6 Å². The fourth-order valence-electron chi connectivity index (χ4n) is 3.20. The van der Waals surface area contributed by atoms with Crippen molar-refractivity contribution < 1.29 is 13.9 Å². The summed E-state index contributed by atoms with van der Waals surface area (Å²) in [6, 6.07) is 3.45. The van der Waals surface area contributed by atoms with E-state index in [2.05, 4.69) is 10.3 Å². The number of hydrogen-bond donors (Lipinski definition) is 2. The van der Waals surface area contributed by atoms with Gasteiger partial charge in [0.15, 0.2) is 0 Å². The molecule has 0 spiro atoms. The zero-order valence-electron chi connectivity index (χ0n) is 15.0. The fourth-order valence-corrected chi connectivity index (χ4v) is 4.31. The number of thiophene rings is 1. The summed E-state index contributed by atoms with van der Waals surface area (Å²) in [5, 5.41) is 3.12. The zero-order valence-corrected chi connectivity index (χ0v) is 15.8.